The van der Waals surface area contributed by atoms with Crippen LogP contribution >= 0.6 is 0 Å². The van der Waals surface area contributed by atoms with Gasteiger partial charge in [0.05, 0.1) is 11.1 Å². The summed E-state index contributed by atoms with van der Waals surface area (Å²) in [6.07, 6.45) is 0. The number of ether oxygens (including phenoxy) is 1. The van der Waals surface area contributed by atoms with Crippen molar-refractivity contribution in [3.8, 4) is 0 Å². The Morgan fingerprint density at radius 2 is 1.55 bits per heavy atom. The number of rotatable bonds is 6. The number of imide groups is 1. The Labute approximate surface area is 165 Å². The first kappa shape index (κ1) is 19.7. The summed E-state index contributed by atoms with van der Waals surface area (Å²) in [7, 11) is 0. The molecule has 9 heteroatoms. The number of hydrogen-bond acceptors (Lipinski definition) is 6. The van der Waals surface area contributed by atoms with Crippen LogP contribution in [0.3, 0.4) is 0 Å². The fourth-order valence-corrected chi connectivity index (χ4v) is 2.84. The lowest BCUT2D eigenvalue weighted by molar-refractivity contribution is -0.150. The van der Waals surface area contributed by atoms with Gasteiger partial charge < -0.3 is 15.8 Å². The van der Waals surface area contributed by atoms with E-state index in [-0.39, 0.29) is 16.7 Å². The molecule has 3 N–H and O–H groups in total. The number of carbonyl (C=O) groups is 5. The third kappa shape index (κ3) is 3.98. The van der Waals surface area contributed by atoms with E-state index in [1.807, 2.05) is 0 Å². The van der Waals surface area contributed by atoms with E-state index < -0.39 is 42.2 Å². The number of amides is 4. The summed E-state index contributed by atoms with van der Waals surface area (Å²) >= 11 is 0. The van der Waals surface area contributed by atoms with Gasteiger partial charge in [0.25, 0.3) is 17.7 Å². The molecule has 0 saturated carbocycles. The molecule has 0 spiro atoms. The quantitative estimate of drug-likeness (QED) is 0.552. The van der Waals surface area contributed by atoms with Crippen LogP contribution in [-0.4, -0.2) is 47.1 Å². The fraction of sp³-hybridized carbons (Fsp3) is 0.150. The SMILES string of the molecule is CC(C(=O)OCC(=O)Nc1ccc(C(N)=O)cc1)N1C(=O)c2ccccc2C1=O. The highest BCUT2D eigenvalue weighted by molar-refractivity contribution is 6.22. The van der Waals surface area contributed by atoms with Gasteiger partial charge in [-0.2, -0.15) is 0 Å². The van der Waals surface area contributed by atoms with Gasteiger partial charge in [0.15, 0.2) is 6.61 Å². The van der Waals surface area contributed by atoms with Crippen LogP contribution in [0.1, 0.15) is 38.0 Å². The van der Waals surface area contributed by atoms with Gasteiger partial charge in [0.1, 0.15) is 6.04 Å². The molecule has 0 aromatic heterocycles. The molecule has 1 aliphatic heterocycles. The zero-order valence-electron chi connectivity index (χ0n) is 15.4. The standard InChI is InChI=1S/C20H17N3O6/c1-11(23-18(26)14-4-2-3-5-15(14)19(23)27)20(28)29-10-16(24)22-13-8-6-12(7-9-13)17(21)25/h2-9,11H,10H2,1H3,(H2,21,25)(H,22,24). The topological polar surface area (TPSA) is 136 Å². The van der Waals surface area contributed by atoms with E-state index in [4.69, 9.17) is 10.5 Å². The van der Waals surface area contributed by atoms with Crippen LogP contribution in [0.25, 0.3) is 0 Å². The van der Waals surface area contributed by atoms with Crippen molar-refractivity contribution in [3.63, 3.8) is 0 Å². The minimum absolute atomic E-state index is 0.217. The van der Waals surface area contributed by atoms with E-state index in [1.54, 1.807) is 12.1 Å². The average molecular weight is 395 g/mol. The molecular weight excluding hydrogens is 378 g/mol. The monoisotopic (exact) mass is 395 g/mol. The van der Waals surface area contributed by atoms with Crippen molar-refractivity contribution < 1.29 is 28.7 Å². The minimum atomic E-state index is -1.19. The number of nitrogens with two attached hydrogens (primary N) is 1. The summed E-state index contributed by atoms with van der Waals surface area (Å²) in [5.41, 5.74) is 6.23. The fourth-order valence-electron chi connectivity index (χ4n) is 2.84. The highest BCUT2D eigenvalue weighted by Crippen LogP contribution is 2.24. The Morgan fingerprint density at radius 1 is 1.00 bits per heavy atom. The number of benzene rings is 2. The van der Waals surface area contributed by atoms with E-state index in [0.717, 1.165) is 4.90 Å². The zero-order valence-corrected chi connectivity index (χ0v) is 15.4. The van der Waals surface area contributed by atoms with Crippen LogP contribution < -0.4 is 11.1 Å². The maximum absolute atomic E-state index is 12.4. The van der Waals surface area contributed by atoms with E-state index in [0.29, 0.717) is 5.69 Å². The molecule has 0 aliphatic carbocycles. The zero-order chi connectivity index (χ0) is 21.1. The summed E-state index contributed by atoms with van der Waals surface area (Å²) in [6.45, 7) is 0.744. The summed E-state index contributed by atoms with van der Waals surface area (Å²) < 4.78 is 4.94. The predicted molar refractivity (Wildman–Crippen MR) is 101 cm³/mol. The first-order chi connectivity index (χ1) is 13.8. The van der Waals surface area contributed by atoms with Crippen LogP contribution in [-0.2, 0) is 14.3 Å². The molecule has 2 aromatic carbocycles. The highest BCUT2D eigenvalue weighted by atomic mass is 16.5. The number of anilines is 1. The molecule has 4 amide bonds. The molecule has 1 unspecified atom stereocenters. The molecule has 1 heterocycles. The smallest absolute Gasteiger partial charge is 0.329 e. The highest BCUT2D eigenvalue weighted by Gasteiger charge is 2.41. The van der Waals surface area contributed by atoms with Gasteiger partial charge in [-0.3, -0.25) is 24.1 Å². The minimum Gasteiger partial charge on any atom is -0.454 e. The molecule has 0 fully saturated rings. The number of esters is 1. The maximum Gasteiger partial charge on any atom is 0.329 e. The van der Waals surface area contributed by atoms with Crippen LogP contribution in [0.4, 0.5) is 5.69 Å². The molecule has 0 radical (unpaired) electrons. The van der Waals surface area contributed by atoms with Gasteiger partial charge in [0, 0.05) is 11.3 Å². The van der Waals surface area contributed by atoms with Crippen molar-refractivity contribution in [2.75, 3.05) is 11.9 Å². The molecule has 29 heavy (non-hydrogen) atoms. The number of hydrogen-bond donors (Lipinski definition) is 2. The van der Waals surface area contributed by atoms with Gasteiger partial charge in [-0.15, -0.1) is 0 Å². The molecule has 148 valence electrons. The van der Waals surface area contributed by atoms with Crippen LogP contribution in [0.15, 0.2) is 48.5 Å². The van der Waals surface area contributed by atoms with Crippen LogP contribution in [0, 0.1) is 0 Å². The third-order valence-electron chi connectivity index (χ3n) is 4.35. The first-order valence-corrected chi connectivity index (χ1v) is 8.63. The lowest BCUT2D eigenvalue weighted by Gasteiger charge is -2.20. The van der Waals surface area contributed by atoms with Gasteiger partial charge in [0.2, 0.25) is 5.91 Å². The van der Waals surface area contributed by atoms with E-state index >= 15 is 0 Å². The lowest BCUT2D eigenvalue weighted by Crippen LogP contribution is -2.44. The summed E-state index contributed by atoms with van der Waals surface area (Å²) in [5, 5.41) is 2.49. The second-order valence-electron chi connectivity index (χ2n) is 6.30. The molecule has 1 atom stereocenters. The Balaban J connectivity index is 1.56. The Morgan fingerprint density at radius 3 is 2.07 bits per heavy atom. The van der Waals surface area contributed by atoms with Crippen molar-refractivity contribution in [2.45, 2.75) is 13.0 Å². The Bertz CT molecular complexity index is 980. The van der Waals surface area contributed by atoms with E-state index in [2.05, 4.69) is 5.32 Å². The summed E-state index contributed by atoms with van der Waals surface area (Å²) in [4.78, 5) is 60.8. The third-order valence-corrected chi connectivity index (χ3v) is 4.35. The second kappa shape index (κ2) is 7.93. The number of nitrogens with one attached hydrogen (secondary N) is 1. The molecule has 0 bridgehead atoms. The maximum atomic E-state index is 12.4. The Hall–Kier alpha value is -4.01. The molecule has 2 aromatic rings. The van der Waals surface area contributed by atoms with Gasteiger partial charge >= 0.3 is 5.97 Å². The number of carbonyl (C=O) groups excluding carboxylic acids is 5. The van der Waals surface area contributed by atoms with E-state index in [1.165, 1.54) is 43.3 Å². The van der Waals surface area contributed by atoms with Gasteiger partial charge in [-0.1, -0.05) is 12.1 Å². The number of primary amides is 1. The van der Waals surface area contributed by atoms with Gasteiger partial charge in [-0.05, 0) is 43.3 Å². The second-order valence-corrected chi connectivity index (χ2v) is 6.30. The largest absolute Gasteiger partial charge is 0.454 e. The van der Waals surface area contributed by atoms with Crippen molar-refractivity contribution in [3.05, 3.63) is 65.2 Å². The van der Waals surface area contributed by atoms with Crippen LogP contribution in [0.5, 0.6) is 0 Å². The first-order valence-electron chi connectivity index (χ1n) is 8.63. The van der Waals surface area contributed by atoms with Crippen molar-refractivity contribution in [1.82, 2.24) is 4.90 Å². The van der Waals surface area contributed by atoms with Crippen LogP contribution in [0.2, 0.25) is 0 Å². The van der Waals surface area contributed by atoms with E-state index in [9.17, 15) is 24.0 Å². The lowest BCUT2D eigenvalue weighted by atomic mass is 10.1. The molecule has 0 saturated heterocycles. The number of nitrogens with zero attached hydrogens (tertiary/aromatic N) is 1. The number of fused-ring (bicyclic) bond motifs is 1. The predicted octanol–water partition coefficient (Wildman–Crippen LogP) is 0.952. The Kier molecular flexibility index (Phi) is 5.40. The van der Waals surface area contributed by atoms with Crippen molar-refractivity contribution in [1.29, 1.82) is 0 Å². The molecule has 3 rings (SSSR count). The van der Waals surface area contributed by atoms with Gasteiger partial charge in [-0.25, -0.2) is 4.79 Å². The summed E-state index contributed by atoms with van der Waals surface area (Å²) in [6, 6.07) is 10.9. The average Bonchev–Trinajstić information content (AvgIpc) is 2.96. The van der Waals surface area contributed by atoms with Crippen molar-refractivity contribution in [2.24, 2.45) is 5.73 Å². The summed E-state index contributed by atoms with van der Waals surface area (Å²) in [5.74, 6) is -3.29. The van der Waals surface area contributed by atoms with Crippen molar-refractivity contribution >= 4 is 35.3 Å². The molecular formula is C20H17N3O6. The molecule has 1 aliphatic rings. The molecule has 9 nitrogen and oxygen atoms in total. The normalized spacial score (nSPS) is 13.6.